The van der Waals surface area contributed by atoms with Crippen LogP contribution in [0.15, 0.2) is 11.8 Å². The van der Waals surface area contributed by atoms with Crippen LogP contribution in [0.3, 0.4) is 0 Å². The summed E-state index contributed by atoms with van der Waals surface area (Å²) in [6.45, 7) is 0.922. The molecular weight excluding hydrogens is 240 g/mol. The zero-order valence-electron chi connectivity index (χ0n) is 11.7. The lowest BCUT2D eigenvalue weighted by atomic mass is 9.98. The Kier molecular flexibility index (Phi) is 3.92. The molecule has 1 atom stereocenters. The zero-order valence-corrected chi connectivity index (χ0v) is 11.7. The van der Waals surface area contributed by atoms with Gasteiger partial charge in [-0.05, 0) is 57.8 Å². The summed E-state index contributed by atoms with van der Waals surface area (Å²) < 4.78 is 11.7. The Hall–Kier alpha value is -0.830. The standard InChI is InChI=1S/C16H24O3/c17-15-12-14(19-16(15)9-2-3-10-16)8-5-7-13-6-1-4-11-18-13/h12-13H,1-11H2. The molecule has 3 rings (SSSR count). The monoisotopic (exact) mass is 264 g/mol. The Morgan fingerprint density at radius 3 is 2.79 bits per heavy atom. The Balaban J connectivity index is 1.43. The van der Waals surface area contributed by atoms with Crippen molar-refractivity contribution in [1.29, 1.82) is 0 Å². The first kappa shape index (κ1) is 13.2. The van der Waals surface area contributed by atoms with Gasteiger partial charge in [-0.25, -0.2) is 0 Å². The van der Waals surface area contributed by atoms with Crippen LogP contribution in [-0.2, 0) is 14.3 Å². The van der Waals surface area contributed by atoms with Crippen molar-refractivity contribution in [3.05, 3.63) is 11.8 Å². The summed E-state index contributed by atoms with van der Waals surface area (Å²) in [5.74, 6) is 1.14. The molecule has 0 radical (unpaired) electrons. The number of carbonyl (C=O) groups excluding carboxylic acids is 1. The molecule has 0 amide bonds. The van der Waals surface area contributed by atoms with Gasteiger partial charge in [-0.2, -0.15) is 0 Å². The molecule has 2 aliphatic heterocycles. The molecule has 0 aromatic heterocycles. The Bertz CT molecular complexity index is 360. The number of allylic oxidation sites excluding steroid dienone is 1. The average Bonchev–Trinajstić information content (AvgIpc) is 3.00. The van der Waals surface area contributed by atoms with Crippen molar-refractivity contribution in [1.82, 2.24) is 0 Å². The SMILES string of the molecule is O=C1C=C(CCCC2CCCCO2)OC12CCCC2. The summed E-state index contributed by atoms with van der Waals surface area (Å²) in [6.07, 6.45) is 13.0. The van der Waals surface area contributed by atoms with E-state index in [4.69, 9.17) is 9.47 Å². The highest BCUT2D eigenvalue weighted by atomic mass is 16.5. The smallest absolute Gasteiger partial charge is 0.202 e. The molecule has 3 aliphatic rings. The molecule has 0 bridgehead atoms. The normalized spacial score (nSPS) is 29.6. The molecule has 1 saturated heterocycles. The van der Waals surface area contributed by atoms with Gasteiger partial charge in [0.1, 0.15) is 5.76 Å². The molecule has 1 spiro atoms. The van der Waals surface area contributed by atoms with E-state index >= 15 is 0 Å². The minimum absolute atomic E-state index is 0.217. The number of ketones is 1. The summed E-state index contributed by atoms with van der Waals surface area (Å²) in [6, 6.07) is 0. The predicted octanol–water partition coefficient (Wildman–Crippen LogP) is 3.52. The van der Waals surface area contributed by atoms with Crippen molar-refractivity contribution in [2.75, 3.05) is 6.61 Å². The van der Waals surface area contributed by atoms with Crippen LogP contribution in [-0.4, -0.2) is 24.1 Å². The lowest BCUT2D eigenvalue weighted by Crippen LogP contribution is -2.32. The third-order valence-electron chi connectivity index (χ3n) is 4.70. The van der Waals surface area contributed by atoms with Gasteiger partial charge in [0.05, 0.1) is 6.10 Å². The molecule has 2 heterocycles. The van der Waals surface area contributed by atoms with E-state index in [1.807, 2.05) is 0 Å². The maximum absolute atomic E-state index is 12.0. The van der Waals surface area contributed by atoms with Crippen molar-refractivity contribution in [2.45, 2.75) is 75.9 Å². The second-order valence-corrected chi connectivity index (χ2v) is 6.16. The molecule has 0 aromatic rings. The number of hydrogen-bond acceptors (Lipinski definition) is 3. The number of carbonyl (C=O) groups is 1. The second-order valence-electron chi connectivity index (χ2n) is 6.16. The van der Waals surface area contributed by atoms with Crippen molar-refractivity contribution in [2.24, 2.45) is 0 Å². The quantitative estimate of drug-likeness (QED) is 0.779. The van der Waals surface area contributed by atoms with E-state index in [1.165, 1.54) is 19.3 Å². The van der Waals surface area contributed by atoms with E-state index in [0.29, 0.717) is 6.10 Å². The van der Waals surface area contributed by atoms with Gasteiger partial charge in [0, 0.05) is 19.1 Å². The summed E-state index contributed by atoms with van der Waals surface area (Å²) >= 11 is 0. The van der Waals surface area contributed by atoms with Crippen LogP contribution in [0.1, 0.15) is 64.2 Å². The van der Waals surface area contributed by atoms with Crippen molar-refractivity contribution in [3.8, 4) is 0 Å². The summed E-state index contributed by atoms with van der Waals surface area (Å²) in [5, 5.41) is 0. The van der Waals surface area contributed by atoms with Crippen LogP contribution in [0.5, 0.6) is 0 Å². The first-order valence-electron chi connectivity index (χ1n) is 7.84. The summed E-state index contributed by atoms with van der Waals surface area (Å²) in [4.78, 5) is 12.0. The fourth-order valence-corrected chi connectivity index (χ4v) is 3.57. The molecule has 1 aliphatic carbocycles. The average molecular weight is 264 g/mol. The highest BCUT2D eigenvalue weighted by Gasteiger charge is 2.46. The lowest BCUT2D eigenvalue weighted by Gasteiger charge is -2.24. The van der Waals surface area contributed by atoms with Gasteiger partial charge in [-0.1, -0.05) is 0 Å². The summed E-state index contributed by atoms with van der Waals surface area (Å²) in [7, 11) is 0. The van der Waals surface area contributed by atoms with Crippen molar-refractivity contribution in [3.63, 3.8) is 0 Å². The van der Waals surface area contributed by atoms with Gasteiger partial charge in [-0.15, -0.1) is 0 Å². The van der Waals surface area contributed by atoms with E-state index in [-0.39, 0.29) is 5.78 Å². The first-order valence-corrected chi connectivity index (χ1v) is 7.84. The molecule has 1 saturated carbocycles. The molecule has 0 aromatic carbocycles. The van der Waals surface area contributed by atoms with Gasteiger partial charge < -0.3 is 9.47 Å². The molecule has 3 heteroatoms. The van der Waals surface area contributed by atoms with Gasteiger partial charge in [0.25, 0.3) is 0 Å². The largest absolute Gasteiger partial charge is 0.483 e. The Morgan fingerprint density at radius 1 is 1.21 bits per heavy atom. The van der Waals surface area contributed by atoms with Gasteiger partial charge in [0.2, 0.25) is 5.78 Å². The van der Waals surface area contributed by atoms with Crippen LogP contribution in [0, 0.1) is 0 Å². The topological polar surface area (TPSA) is 35.5 Å². The first-order chi connectivity index (χ1) is 9.28. The molecule has 106 valence electrons. The van der Waals surface area contributed by atoms with E-state index in [2.05, 4.69) is 0 Å². The lowest BCUT2D eigenvalue weighted by molar-refractivity contribution is -0.129. The zero-order chi connectivity index (χ0) is 13.1. The minimum Gasteiger partial charge on any atom is -0.483 e. The Labute approximate surface area is 115 Å². The predicted molar refractivity (Wildman–Crippen MR) is 72.8 cm³/mol. The molecule has 1 unspecified atom stereocenters. The van der Waals surface area contributed by atoms with Crippen molar-refractivity contribution < 1.29 is 14.3 Å². The molecule has 2 fully saturated rings. The maximum atomic E-state index is 12.0. The van der Waals surface area contributed by atoms with Crippen LogP contribution in [0.2, 0.25) is 0 Å². The highest BCUT2D eigenvalue weighted by molar-refractivity contribution is 5.99. The minimum atomic E-state index is -0.448. The van der Waals surface area contributed by atoms with E-state index in [9.17, 15) is 4.79 Å². The molecule has 0 N–H and O–H groups in total. The van der Waals surface area contributed by atoms with E-state index < -0.39 is 5.60 Å². The van der Waals surface area contributed by atoms with Crippen molar-refractivity contribution >= 4 is 5.78 Å². The number of hydrogen-bond donors (Lipinski definition) is 0. The summed E-state index contributed by atoms with van der Waals surface area (Å²) in [5.41, 5.74) is -0.448. The van der Waals surface area contributed by atoms with Gasteiger partial charge >= 0.3 is 0 Å². The molecule has 3 nitrogen and oxygen atoms in total. The third kappa shape index (κ3) is 2.86. The Morgan fingerprint density at radius 2 is 2.05 bits per heavy atom. The van der Waals surface area contributed by atoms with Crippen LogP contribution >= 0.6 is 0 Å². The molecular formula is C16H24O3. The van der Waals surface area contributed by atoms with E-state index in [1.54, 1.807) is 6.08 Å². The van der Waals surface area contributed by atoms with Gasteiger partial charge in [-0.3, -0.25) is 4.79 Å². The second kappa shape index (κ2) is 5.66. The number of ether oxygens (including phenoxy) is 2. The third-order valence-corrected chi connectivity index (χ3v) is 4.70. The fraction of sp³-hybridized carbons (Fsp3) is 0.812. The maximum Gasteiger partial charge on any atom is 0.202 e. The van der Waals surface area contributed by atoms with E-state index in [0.717, 1.165) is 57.3 Å². The highest BCUT2D eigenvalue weighted by Crippen LogP contribution is 2.41. The fourth-order valence-electron chi connectivity index (χ4n) is 3.57. The van der Waals surface area contributed by atoms with Crippen LogP contribution in [0.25, 0.3) is 0 Å². The van der Waals surface area contributed by atoms with Crippen LogP contribution < -0.4 is 0 Å². The number of rotatable bonds is 4. The van der Waals surface area contributed by atoms with Gasteiger partial charge in [0.15, 0.2) is 5.60 Å². The molecule has 19 heavy (non-hydrogen) atoms. The van der Waals surface area contributed by atoms with Crippen LogP contribution in [0.4, 0.5) is 0 Å².